The van der Waals surface area contributed by atoms with Crippen molar-refractivity contribution in [1.29, 1.82) is 0 Å². The maximum Gasteiger partial charge on any atom is 0.314 e. The van der Waals surface area contributed by atoms with Gasteiger partial charge in [-0.2, -0.15) is 9.78 Å². The number of amides is 2. The summed E-state index contributed by atoms with van der Waals surface area (Å²) in [5.74, 6) is -0.780. The Morgan fingerprint density at radius 3 is 2.58 bits per heavy atom. The molecular formula is C16H21N5O3. The highest BCUT2D eigenvalue weighted by molar-refractivity contribution is 6.39. The van der Waals surface area contributed by atoms with E-state index < -0.39 is 11.8 Å². The third-order valence-electron chi connectivity index (χ3n) is 3.19. The molecule has 0 aliphatic rings. The van der Waals surface area contributed by atoms with E-state index in [4.69, 9.17) is 5.11 Å². The molecule has 0 aliphatic carbocycles. The first-order chi connectivity index (χ1) is 11.3. The van der Waals surface area contributed by atoms with E-state index in [0.29, 0.717) is 11.6 Å². The lowest BCUT2D eigenvalue weighted by Gasteiger charge is -2.13. The molecule has 0 saturated carbocycles. The third kappa shape index (κ3) is 4.17. The number of anilines is 1. The summed E-state index contributed by atoms with van der Waals surface area (Å²) in [7, 11) is 0. The zero-order valence-electron chi connectivity index (χ0n) is 13.9. The number of carbonyl (C=O) groups excluding carboxylic acids is 2. The zero-order chi connectivity index (χ0) is 17.7. The van der Waals surface area contributed by atoms with E-state index in [1.54, 1.807) is 30.5 Å². The second kappa shape index (κ2) is 7.22. The van der Waals surface area contributed by atoms with Gasteiger partial charge in [-0.25, -0.2) is 4.98 Å². The Morgan fingerprint density at radius 1 is 1.25 bits per heavy atom. The Morgan fingerprint density at radius 2 is 2.00 bits per heavy atom. The molecule has 128 valence electrons. The van der Waals surface area contributed by atoms with Crippen molar-refractivity contribution in [3.63, 3.8) is 0 Å². The van der Waals surface area contributed by atoms with Crippen molar-refractivity contribution in [3.8, 4) is 5.82 Å². The maximum atomic E-state index is 12.0. The van der Waals surface area contributed by atoms with Crippen LogP contribution in [0.5, 0.6) is 0 Å². The van der Waals surface area contributed by atoms with Crippen molar-refractivity contribution < 1.29 is 14.7 Å². The van der Waals surface area contributed by atoms with Crippen LogP contribution in [0.15, 0.2) is 30.5 Å². The van der Waals surface area contributed by atoms with Gasteiger partial charge in [0.15, 0.2) is 5.82 Å². The first-order valence-electron chi connectivity index (χ1n) is 7.55. The van der Waals surface area contributed by atoms with E-state index >= 15 is 0 Å². The highest BCUT2D eigenvalue weighted by Crippen LogP contribution is 2.25. The Labute approximate surface area is 139 Å². The fourth-order valence-corrected chi connectivity index (χ4v) is 1.91. The second-order valence-corrected chi connectivity index (χ2v) is 6.20. The summed E-state index contributed by atoms with van der Waals surface area (Å²) in [6, 6.07) is 7.05. The van der Waals surface area contributed by atoms with Crippen molar-refractivity contribution in [2.75, 3.05) is 18.5 Å². The predicted molar refractivity (Wildman–Crippen MR) is 88.8 cm³/mol. The van der Waals surface area contributed by atoms with Gasteiger partial charge in [0, 0.05) is 24.2 Å². The molecule has 0 fully saturated rings. The number of aliphatic hydroxyl groups is 1. The molecule has 2 aromatic heterocycles. The predicted octanol–water partition coefficient (Wildman–Crippen LogP) is 0.612. The topological polar surface area (TPSA) is 109 Å². The van der Waals surface area contributed by atoms with Crippen LogP contribution in [0.2, 0.25) is 0 Å². The summed E-state index contributed by atoms with van der Waals surface area (Å²) < 4.78 is 1.48. The van der Waals surface area contributed by atoms with Crippen LogP contribution in [-0.4, -0.2) is 44.8 Å². The highest BCUT2D eigenvalue weighted by atomic mass is 16.3. The van der Waals surface area contributed by atoms with Gasteiger partial charge in [0.2, 0.25) is 0 Å². The van der Waals surface area contributed by atoms with Gasteiger partial charge in [-0.05, 0) is 12.1 Å². The van der Waals surface area contributed by atoms with E-state index in [2.05, 4.69) is 20.7 Å². The van der Waals surface area contributed by atoms with Gasteiger partial charge in [-0.3, -0.25) is 9.59 Å². The van der Waals surface area contributed by atoms with E-state index in [1.165, 1.54) is 4.68 Å². The molecule has 0 bridgehead atoms. The van der Waals surface area contributed by atoms with Crippen molar-refractivity contribution in [3.05, 3.63) is 36.2 Å². The largest absolute Gasteiger partial charge is 0.395 e. The molecule has 0 saturated heterocycles. The minimum absolute atomic E-state index is 0.0129. The Bertz CT molecular complexity index is 719. The summed E-state index contributed by atoms with van der Waals surface area (Å²) in [6.45, 7) is 5.77. The fraction of sp³-hybridized carbons (Fsp3) is 0.375. The molecule has 0 atom stereocenters. The van der Waals surface area contributed by atoms with Gasteiger partial charge in [0.05, 0.1) is 12.3 Å². The molecule has 3 N–H and O–H groups in total. The van der Waals surface area contributed by atoms with E-state index in [-0.39, 0.29) is 18.6 Å². The van der Waals surface area contributed by atoms with Gasteiger partial charge in [0.1, 0.15) is 5.82 Å². The van der Waals surface area contributed by atoms with E-state index in [1.807, 2.05) is 20.8 Å². The number of aromatic nitrogens is 3. The molecule has 8 nitrogen and oxygen atoms in total. The van der Waals surface area contributed by atoms with Gasteiger partial charge >= 0.3 is 11.8 Å². The molecule has 2 rings (SSSR count). The Hall–Kier alpha value is -2.74. The lowest BCUT2D eigenvalue weighted by molar-refractivity contribution is -0.136. The Kier molecular flexibility index (Phi) is 5.30. The SMILES string of the molecule is CC(C)(C)c1cc(NC(=O)C(=O)NCCO)n(-c2ccccn2)n1. The number of carbonyl (C=O) groups is 2. The van der Waals surface area contributed by atoms with Crippen LogP contribution in [-0.2, 0) is 15.0 Å². The molecule has 0 unspecified atom stereocenters. The smallest absolute Gasteiger partial charge is 0.314 e. The molecule has 2 heterocycles. The number of nitrogens with one attached hydrogen (secondary N) is 2. The zero-order valence-corrected chi connectivity index (χ0v) is 13.9. The summed E-state index contributed by atoms with van der Waals surface area (Å²) >= 11 is 0. The number of aliphatic hydroxyl groups excluding tert-OH is 1. The van der Waals surface area contributed by atoms with Gasteiger partial charge in [-0.1, -0.05) is 26.8 Å². The van der Waals surface area contributed by atoms with Crippen LogP contribution in [0.25, 0.3) is 5.82 Å². The van der Waals surface area contributed by atoms with Gasteiger partial charge in [0.25, 0.3) is 0 Å². The van der Waals surface area contributed by atoms with E-state index in [0.717, 1.165) is 5.69 Å². The summed E-state index contributed by atoms with van der Waals surface area (Å²) in [4.78, 5) is 27.9. The minimum atomic E-state index is -0.832. The van der Waals surface area contributed by atoms with Crippen LogP contribution in [0, 0.1) is 0 Å². The van der Waals surface area contributed by atoms with Crippen LogP contribution in [0.3, 0.4) is 0 Å². The van der Waals surface area contributed by atoms with Crippen molar-refractivity contribution in [2.24, 2.45) is 0 Å². The monoisotopic (exact) mass is 331 g/mol. The standard InChI is InChI=1S/C16H21N5O3/c1-16(2,3)11-10-13(19-15(24)14(23)18-8-9-22)21(20-11)12-6-4-5-7-17-12/h4-7,10,22H,8-9H2,1-3H3,(H,18,23)(H,19,24). The van der Waals surface area contributed by atoms with Crippen molar-refractivity contribution in [1.82, 2.24) is 20.1 Å². The molecule has 0 aliphatic heterocycles. The third-order valence-corrected chi connectivity index (χ3v) is 3.19. The molecule has 2 aromatic rings. The van der Waals surface area contributed by atoms with Gasteiger partial charge < -0.3 is 15.7 Å². The van der Waals surface area contributed by atoms with Crippen LogP contribution in [0.4, 0.5) is 5.82 Å². The van der Waals surface area contributed by atoms with E-state index in [9.17, 15) is 9.59 Å². The lowest BCUT2D eigenvalue weighted by Crippen LogP contribution is -2.37. The number of nitrogens with zero attached hydrogens (tertiary/aromatic N) is 3. The average molecular weight is 331 g/mol. The molecule has 24 heavy (non-hydrogen) atoms. The molecular weight excluding hydrogens is 310 g/mol. The quantitative estimate of drug-likeness (QED) is 0.711. The first-order valence-corrected chi connectivity index (χ1v) is 7.55. The average Bonchev–Trinajstić information content (AvgIpc) is 2.97. The summed E-state index contributed by atoms with van der Waals surface area (Å²) in [6.07, 6.45) is 1.62. The number of pyridine rings is 1. The first kappa shape index (κ1) is 17.6. The number of rotatable bonds is 4. The van der Waals surface area contributed by atoms with Crippen molar-refractivity contribution >= 4 is 17.6 Å². The molecule has 0 spiro atoms. The normalized spacial score (nSPS) is 11.2. The van der Waals surface area contributed by atoms with Crippen LogP contribution < -0.4 is 10.6 Å². The lowest BCUT2D eigenvalue weighted by atomic mass is 9.92. The number of hydrogen-bond acceptors (Lipinski definition) is 5. The minimum Gasteiger partial charge on any atom is -0.395 e. The van der Waals surface area contributed by atoms with Crippen molar-refractivity contribution in [2.45, 2.75) is 26.2 Å². The number of hydrogen-bond donors (Lipinski definition) is 3. The summed E-state index contributed by atoms with van der Waals surface area (Å²) in [5.41, 5.74) is 0.512. The van der Waals surface area contributed by atoms with Crippen LogP contribution >= 0.6 is 0 Å². The second-order valence-electron chi connectivity index (χ2n) is 6.20. The molecule has 2 amide bonds. The fourth-order valence-electron chi connectivity index (χ4n) is 1.91. The maximum absolute atomic E-state index is 12.0. The molecule has 8 heteroatoms. The highest BCUT2D eigenvalue weighted by Gasteiger charge is 2.23. The Balaban J connectivity index is 2.32. The van der Waals surface area contributed by atoms with Gasteiger partial charge in [-0.15, -0.1) is 0 Å². The summed E-state index contributed by atoms with van der Waals surface area (Å²) in [5, 5.41) is 18.0. The molecule has 0 aromatic carbocycles. The molecule has 0 radical (unpaired) electrons. The van der Waals surface area contributed by atoms with Crippen LogP contribution in [0.1, 0.15) is 26.5 Å².